The van der Waals surface area contributed by atoms with Crippen molar-refractivity contribution in [1.29, 1.82) is 0 Å². The van der Waals surface area contributed by atoms with E-state index in [1.165, 1.54) is 22.4 Å². The summed E-state index contributed by atoms with van der Waals surface area (Å²) in [5, 5.41) is 0. The van der Waals surface area contributed by atoms with Crippen molar-refractivity contribution < 1.29 is 0 Å². The summed E-state index contributed by atoms with van der Waals surface area (Å²) in [6, 6.07) is 14.9. The van der Waals surface area contributed by atoms with Crippen LogP contribution in [0.15, 0.2) is 42.5 Å². The molecule has 1 atom stereocenters. The van der Waals surface area contributed by atoms with Crippen molar-refractivity contribution in [3.05, 3.63) is 64.7 Å². The van der Waals surface area contributed by atoms with Crippen molar-refractivity contribution in [1.82, 2.24) is 0 Å². The monoisotopic (exact) mass is 254 g/mol. The van der Waals surface area contributed by atoms with E-state index in [0.717, 1.165) is 5.56 Å². The standard InChI is InChI=1S/C17H22N2/c1-12-9-13(2)11-15(10-12)17(18)14-5-7-16(8-6-14)19(3)4/h5-11,17H,18H2,1-4H3. The summed E-state index contributed by atoms with van der Waals surface area (Å²) in [5.74, 6) is 0. The Morgan fingerprint density at radius 3 is 1.84 bits per heavy atom. The fourth-order valence-corrected chi connectivity index (χ4v) is 2.36. The maximum absolute atomic E-state index is 6.37. The molecule has 19 heavy (non-hydrogen) atoms. The van der Waals surface area contributed by atoms with Crippen LogP contribution >= 0.6 is 0 Å². The Balaban J connectivity index is 2.30. The summed E-state index contributed by atoms with van der Waals surface area (Å²) in [6.07, 6.45) is 0. The van der Waals surface area contributed by atoms with E-state index >= 15 is 0 Å². The zero-order valence-electron chi connectivity index (χ0n) is 12.1. The lowest BCUT2D eigenvalue weighted by atomic mass is 9.96. The van der Waals surface area contributed by atoms with Gasteiger partial charge in [0.05, 0.1) is 6.04 Å². The van der Waals surface area contributed by atoms with Crippen LogP contribution in [0.1, 0.15) is 28.3 Å². The van der Waals surface area contributed by atoms with E-state index in [1.807, 2.05) is 14.1 Å². The van der Waals surface area contributed by atoms with E-state index in [1.54, 1.807) is 0 Å². The molecule has 0 saturated carbocycles. The molecule has 0 fully saturated rings. The molecule has 1 unspecified atom stereocenters. The van der Waals surface area contributed by atoms with Gasteiger partial charge in [-0.25, -0.2) is 0 Å². The molecule has 0 saturated heterocycles. The van der Waals surface area contributed by atoms with Crippen LogP contribution in [0.25, 0.3) is 0 Å². The van der Waals surface area contributed by atoms with Crippen LogP contribution in [-0.4, -0.2) is 14.1 Å². The molecule has 2 aromatic rings. The van der Waals surface area contributed by atoms with Crippen molar-refractivity contribution in [2.75, 3.05) is 19.0 Å². The molecule has 2 aromatic carbocycles. The third-order valence-corrected chi connectivity index (χ3v) is 3.37. The van der Waals surface area contributed by atoms with Gasteiger partial charge in [0.2, 0.25) is 0 Å². The minimum Gasteiger partial charge on any atom is -0.378 e. The van der Waals surface area contributed by atoms with E-state index < -0.39 is 0 Å². The van der Waals surface area contributed by atoms with Gasteiger partial charge in [-0.15, -0.1) is 0 Å². The maximum Gasteiger partial charge on any atom is 0.0551 e. The van der Waals surface area contributed by atoms with Crippen LogP contribution in [-0.2, 0) is 0 Å². The molecule has 0 heterocycles. The number of aryl methyl sites for hydroxylation is 2. The highest BCUT2D eigenvalue weighted by Crippen LogP contribution is 2.23. The Morgan fingerprint density at radius 2 is 1.37 bits per heavy atom. The number of hydrogen-bond acceptors (Lipinski definition) is 2. The molecular weight excluding hydrogens is 232 g/mol. The lowest BCUT2D eigenvalue weighted by Gasteiger charge is -2.17. The molecule has 0 aliphatic carbocycles. The number of benzene rings is 2. The smallest absolute Gasteiger partial charge is 0.0551 e. The molecular formula is C17H22N2. The molecule has 0 amide bonds. The Labute approximate surface area is 115 Å². The first-order valence-corrected chi connectivity index (χ1v) is 6.58. The zero-order valence-corrected chi connectivity index (χ0v) is 12.1. The van der Waals surface area contributed by atoms with Crippen molar-refractivity contribution in [3.63, 3.8) is 0 Å². The molecule has 0 aromatic heterocycles. The molecule has 0 radical (unpaired) electrons. The molecule has 0 spiro atoms. The van der Waals surface area contributed by atoms with E-state index in [2.05, 4.69) is 61.2 Å². The first-order valence-electron chi connectivity index (χ1n) is 6.58. The quantitative estimate of drug-likeness (QED) is 0.909. The minimum absolute atomic E-state index is 0.0604. The van der Waals surface area contributed by atoms with Crippen LogP contribution < -0.4 is 10.6 Å². The van der Waals surface area contributed by atoms with Crippen LogP contribution in [0.2, 0.25) is 0 Å². The minimum atomic E-state index is -0.0604. The van der Waals surface area contributed by atoms with Gasteiger partial charge in [0.1, 0.15) is 0 Å². The van der Waals surface area contributed by atoms with Crippen LogP contribution in [0, 0.1) is 13.8 Å². The highest BCUT2D eigenvalue weighted by atomic mass is 15.1. The van der Waals surface area contributed by atoms with Gasteiger partial charge in [-0.05, 0) is 37.1 Å². The van der Waals surface area contributed by atoms with Crippen LogP contribution in [0.4, 0.5) is 5.69 Å². The van der Waals surface area contributed by atoms with Crippen molar-refractivity contribution in [2.24, 2.45) is 5.73 Å². The Hall–Kier alpha value is -1.80. The van der Waals surface area contributed by atoms with E-state index in [4.69, 9.17) is 5.73 Å². The third-order valence-electron chi connectivity index (χ3n) is 3.37. The largest absolute Gasteiger partial charge is 0.378 e. The number of rotatable bonds is 3. The van der Waals surface area contributed by atoms with E-state index in [9.17, 15) is 0 Å². The first-order chi connectivity index (χ1) is 8.97. The maximum atomic E-state index is 6.37. The summed E-state index contributed by atoms with van der Waals surface area (Å²) < 4.78 is 0. The van der Waals surface area contributed by atoms with Crippen LogP contribution in [0.3, 0.4) is 0 Å². The summed E-state index contributed by atoms with van der Waals surface area (Å²) in [7, 11) is 4.08. The highest BCUT2D eigenvalue weighted by molar-refractivity contribution is 5.48. The second-order valence-corrected chi connectivity index (χ2v) is 5.38. The molecule has 100 valence electrons. The Morgan fingerprint density at radius 1 is 0.842 bits per heavy atom. The van der Waals surface area contributed by atoms with Gasteiger partial charge in [-0.3, -0.25) is 0 Å². The van der Waals surface area contributed by atoms with Crippen molar-refractivity contribution >= 4 is 5.69 Å². The summed E-state index contributed by atoms with van der Waals surface area (Å²) in [4.78, 5) is 2.09. The third kappa shape index (κ3) is 3.15. The lowest BCUT2D eigenvalue weighted by molar-refractivity contribution is 0.867. The van der Waals surface area contributed by atoms with Crippen LogP contribution in [0.5, 0.6) is 0 Å². The average Bonchev–Trinajstić information content (AvgIpc) is 2.37. The van der Waals surface area contributed by atoms with Gasteiger partial charge in [-0.2, -0.15) is 0 Å². The van der Waals surface area contributed by atoms with Gasteiger partial charge in [-0.1, -0.05) is 41.5 Å². The molecule has 2 nitrogen and oxygen atoms in total. The highest BCUT2D eigenvalue weighted by Gasteiger charge is 2.10. The number of nitrogens with two attached hydrogens (primary N) is 1. The molecule has 0 bridgehead atoms. The molecule has 2 N–H and O–H groups in total. The van der Waals surface area contributed by atoms with E-state index in [0.29, 0.717) is 0 Å². The Bertz CT molecular complexity index is 536. The number of nitrogens with zero attached hydrogens (tertiary/aromatic N) is 1. The normalized spacial score (nSPS) is 12.3. The van der Waals surface area contributed by atoms with Gasteiger partial charge < -0.3 is 10.6 Å². The number of anilines is 1. The topological polar surface area (TPSA) is 29.3 Å². The van der Waals surface area contributed by atoms with Gasteiger partial charge in [0, 0.05) is 19.8 Å². The first kappa shape index (κ1) is 13.6. The Kier molecular flexibility index (Phi) is 3.91. The summed E-state index contributed by atoms with van der Waals surface area (Å²) in [6.45, 7) is 4.22. The molecule has 2 rings (SSSR count). The fourth-order valence-electron chi connectivity index (χ4n) is 2.36. The second kappa shape index (κ2) is 5.45. The predicted octanol–water partition coefficient (Wildman–Crippen LogP) is 3.42. The van der Waals surface area contributed by atoms with Gasteiger partial charge >= 0.3 is 0 Å². The summed E-state index contributed by atoms with van der Waals surface area (Å²) in [5.41, 5.74) is 12.4. The van der Waals surface area contributed by atoms with Crippen molar-refractivity contribution in [2.45, 2.75) is 19.9 Å². The fraction of sp³-hybridized carbons (Fsp3) is 0.294. The van der Waals surface area contributed by atoms with Gasteiger partial charge in [0.25, 0.3) is 0 Å². The second-order valence-electron chi connectivity index (χ2n) is 5.38. The zero-order chi connectivity index (χ0) is 14.0. The summed E-state index contributed by atoms with van der Waals surface area (Å²) >= 11 is 0. The number of hydrogen-bond donors (Lipinski definition) is 1. The van der Waals surface area contributed by atoms with Gasteiger partial charge in [0.15, 0.2) is 0 Å². The van der Waals surface area contributed by atoms with E-state index in [-0.39, 0.29) is 6.04 Å². The predicted molar refractivity (Wildman–Crippen MR) is 82.7 cm³/mol. The molecule has 2 heteroatoms. The lowest BCUT2D eigenvalue weighted by Crippen LogP contribution is -2.13. The molecule has 0 aliphatic heterocycles. The average molecular weight is 254 g/mol. The van der Waals surface area contributed by atoms with Crippen molar-refractivity contribution in [3.8, 4) is 0 Å². The molecule has 0 aliphatic rings. The SMILES string of the molecule is Cc1cc(C)cc(C(N)c2ccc(N(C)C)cc2)c1.